The lowest BCUT2D eigenvalue weighted by atomic mass is 10.1. The smallest absolute Gasteiger partial charge is 0.254 e. The molecule has 9 heteroatoms. The van der Waals surface area contributed by atoms with Crippen LogP contribution < -0.4 is 10.2 Å². The fraction of sp³-hybridized carbons (Fsp3) is 0.500. The maximum absolute atomic E-state index is 13.9. The lowest BCUT2D eigenvalue weighted by Gasteiger charge is -2.37. The van der Waals surface area contributed by atoms with Crippen LogP contribution in [0.4, 0.5) is 14.5 Å². The van der Waals surface area contributed by atoms with Crippen LogP contribution in [0, 0.1) is 11.6 Å². The molecule has 0 aliphatic carbocycles. The van der Waals surface area contributed by atoms with Crippen molar-refractivity contribution < 1.29 is 28.6 Å². The molecule has 0 spiro atoms. The zero-order chi connectivity index (χ0) is 21.6. The third-order valence-corrected chi connectivity index (χ3v) is 4.97. The molecule has 0 saturated carbocycles. The molecular weight excluding hydrogens is 384 g/mol. The average Bonchev–Trinajstić information content (AvgIpc) is 2.72. The normalized spacial score (nSPS) is 17.1. The Morgan fingerprint density at radius 3 is 2.41 bits per heavy atom. The Balaban J connectivity index is 1.86. The topological polar surface area (TPSA) is 93.1 Å². The van der Waals surface area contributed by atoms with Crippen molar-refractivity contribution in [2.75, 3.05) is 37.6 Å². The number of amides is 2. The van der Waals surface area contributed by atoms with Crippen LogP contribution in [-0.2, 0) is 9.59 Å². The quantitative estimate of drug-likeness (QED) is 0.578. The number of benzene rings is 1. The van der Waals surface area contributed by atoms with Gasteiger partial charge < -0.3 is 25.3 Å². The molecule has 0 radical (unpaired) electrons. The van der Waals surface area contributed by atoms with E-state index in [0.29, 0.717) is 6.42 Å². The molecule has 160 valence electrons. The van der Waals surface area contributed by atoms with Crippen molar-refractivity contribution in [2.45, 2.75) is 32.5 Å². The Hall–Kier alpha value is -2.52. The summed E-state index contributed by atoms with van der Waals surface area (Å²) in [5.41, 5.74) is 1.29. The zero-order valence-electron chi connectivity index (χ0n) is 16.6. The Kier molecular flexibility index (Phi) is 8.10. The fourth-order valence-electron chi connectivity index (χ4n) is 3.00. The van der Waals surface area contributed by atoms with E-state index in [2.05, 4.69) is 5.32 Å². The van der Waals surface area contributed by atoms with Gasteiger partial charge in [-0.3, -0.25) is 9.59 Å². The van der Waals surface area contributed by atoms with E-state index in [9.17, 15) is 28.6 Å². The minimum Gasteiger partial charge on any atom is -0.380 e. The predicted molar refractivity (Wildman–Crippen MR) is 104 cm³/mol. The first-order chi connectivity index (χ1) is 13.7. The molecule has 7 nitrogen and oxygen atoms in total. The van der Waals surface area contributed by atoms with Gasteiger partial charge >= 0.3 is 0 Å². The van der Waals surface area contributed by atoms with Gasteiger partial charge in [0, 0.05) is 38.8 Å². The van der Waals surface area contributed by atoms with Gasteiger partial charge in [0.15, 0.2) is 12.2 Å². The summed E-state index contributed by atoms with van der Waals surface area (Å²) >= 11 is 0. The van der Waals surface area contributed by atoms with Crippen molar-refractivity contribution in [2.24, 2.45) is 0 Å². The van der Waals surface area contributed by atoms with Gasteiger partial charge in [-0.15, -0.1) is 0 Å². The molecule has 1 saturated heterocycles. The minimum atomic E-state index is -1.88. The van der Waals surface area contributed by atoms with Crippen LogP contribution in [0.1, 0.15) is 20.3 Å². The Labute approximate surface area is 168 Å². The molecule has 0 unspecified atom stereocenters. The second kappa shape index (κ2) is 10.3. The third kappa shape index (κ3) is 5.98. The summed E-state index contributed by atoms with van der Waals surface area (Å²) in [6.07, 6.45) is -1.26. The minimum absolute atomic E-state index is 0.168. The summed E-state index contributed by atoms with van der Waals surface area (Å²) in [6, 6.07) is 3.29. The first-order valence-corrected chi connectivity index (χ1v) is 9.49. The van der Waals surface area contributed by atoms with E-state index in [0.717, 1.165) is 17.7 Å². The highest BCUT2D eigenvalue weighted by molar-refractivity contribution is 5.90. The monoisotopic (exact) mass is 411 g/mol. The molecule has 0 aromatic heterocycles. The first kappa shape index (κ1) is 22.8. The molecule has 1 heterocycles. The second-order valence-electron chi connectivity index (χ2n) is 6.97. The van der Waals surface area contributed by atoms with Gasteiger partial charge in [-0.05, 0) is 32.4 Å². The number of halogens is 2. The number of carbonyl (C=O) groups is 2. The average molecular weight is 411 g/mol. The zero-order valence-corrected chi connectivity index (χ0v) is 16.6. The molecule has 2 amide bonds. The van der Waals surface area contributed by atoms with Crippen molar-refractivity contribution in [3.8, 4) is 0 Å². The standard InChI is InChI=1S/C20H27F2N3O4/c1-3-13(2)6-7-23-19(28)17(26)18(27)20(29)25-10-8-24(9-11-25)16-5-4-14(21)12-15(16)22/h3-5,12,17-18,26-27H,6-11H2,1-2H3,(H,23,28)/b13-3+/t17-,18-/m1/s1. The number of nitrogens with zero attached hydrogens (tertiary/aromatic N) is 2. The molecular formula is C20H27F2N3O4. The van der Waals surface area contributed by atoms with E-state index in [-0.39, 0.29) is 38.4 Å². The van der Waals surface area contributed by atoms with Gasteiger partial charge in [-0.25, -0.2) is 8.78 Å². The Bertz CT molecular complexity index is 764. The van der Waals surface area contributed by atoms with Crippen LogP contribution in [0.3, 0.4) is 0 Å². The number of hydrogen-bond donors (Lipinski definition) is 3. The van der Waals surface area contributed by atoms with Crippen LogP contribution in [-0.4, -0.2) is 71.9 Å². The molecule has 2 rings (SSSR count). The number of rotatable bonds is 7. The van der Waals surface area contributed by atoms with E-state index in [4.69, 9.17) is 0 Å². The molecule has 1 aliphatic rings. The number of carbonyl (C=O) groups excluding carboxylic acids is 2. The van der Waals surface area contributed by atoms with E-state index in [1.54, 1.807) is 4.90 Å². The third-order valence-electron chi connectivity index (χ3n) is 4.97. The summed E-state index contributed by atoms with van der Waals surface area (Å²) in [5.74, 6) is -2.94. The van der Waals surface area contributed by atoms with Crippen molar-refractivity contribution in [1.82, 2.24) is 10.2 Å². The molecule has 1 aliphatic heterocycles. The number of aliphatic hydroxyl groups is 2. The first-order valence-electron chi connectivity index (χ1n) is 9.49. The number of hydrogen-bond acceptors (Lipinski definition) is 5. The number of anilines is 1. The predicted octanol–water partition coefficient (Wildman–Crippen LogP) is 0.808. The Morgan fingerprint density at radius 2 is 1.83 bits per heavy atom. The highest BCUT2D eigenvalue weighted by atomic mass is 19.1. The molecule has 0 bridgehead atoms. The van der Waals surface area contributed by atoms with Crippen LogP contribution in [0.5, 0.6) is 0 Å². The van der Waals surface area contributed by atoms with E-state index in [1.165, 1.54) is 11.0 Å². The number of nitrogens with one attached hydrogen (secondary N) is 1. The summed E-state index contributed by atoms with van der Waals surface area (Å²) in [7, 11) is 0. The van der Waals surface area contributed by atoms with Crippen molar-refractivity contribution in [3.63, 3.8) is 0 Å². The van der Waals surface area contributed by atoms with E-state index in [1.807, 2.05) is 19.9 Å². The highest BCUT2D eigenvalue weighted by Gasteiger charge is 2.34. The number of allylic oxidation sites excluding steroid dienone is 1. The fourth-order valence-corrected chi connectivity index (χ4v) is 3.00. The van der Waals surface area contributed by atoms with Gasteiger partial charge in [0.2, 0.25) is 0 Å². The second-order valence-corrected chi connectivity index (χ2v) is 6.97. The van der Waals surface area contributed by atoms with Crippen LogP contribution in [0.2, 0.25) is 0 Å². The summed E-state index contributed by atoms with van der Waals surface area (Å²) in [6.45, 7) is 4.94. The molecule has 29 heavy (non-hydrogen) atoms. The molecule has 1 fully saturated rings. The SMILES string of the molecule is C/C=C(\C)CCNC(=O)[C@H](O)[C@@H](O)C(=O)N1CCN(c2ccc(F)cc2F)CC1. The molecule has 1 aromatic rings. The number of aliphatic hydroxyl groups excluding tert-OH is 2. The largest absolute Gasteiger partial charge is 0.380 e. The van der Waals surface area contributed by atoms with Crippen LogP contribution >= 0.6 is 0 Å². The summed E-state index contributed by atoms with van der Waals surface area (Å²) in [5, 5.41) is 22.6. The van der Waals surface area contributed by atoms with Gasteiger partial charge in [-0.2, -0.15) is 0 Å². The molecule has 1 aromatic carbocycles. The van der Waals surface area contributed by atoms with Crippen molar-refractivity contribution in [1.29, 1.82) is 0 Å². The summed E-state index contributed by atoms with van der Waals surface area (Å²) < 4.78 is 27.0. The maximum Gasteiger partial charge on any atom is 0.254 e. The lowest BCUT2D eigenvalue weighted by Crippen LogP contribution is -2.55. The van der Waals surface area contributed by atoms with Gasteiger partial charge in [0.25, 0.3) is 11.8 Å². The highest BCUT2D eigenvalue weighted by Crippen LogP contribution is 2.21. The molecule has 3 N–H and O–H groups in total. The Morgan fingerprint density at radius 1 is 1.17 bits per heavy atom. The van der Waals surface area contributed by atoms with E-state index >= 15 is 0 Å². The maximum atomic E-state index is 13.9. The summed E-state index contributed by atoms with van der Waals surface area (Å²) in [4.78, 5) is 27.3. The molecule has 2 atom stereocenters. The van der Waals surface area contributed by atoms with Crippen LogP contribution in [0.25, 0.3) is 0 Å². The van der Waals surface area contributed by atoms with E-state index < -0.39 is 35.7 Å². The van der Waals surface area contributed by atoms with Gasteiger partial charge in [0.1, 0.15) is 11.6 Å². The van der Waals surface area contributed by atoms with Crippen molar-refractivity contribution in [3.05, 3.63) is 41.5 Å². The number of piperazine rings is 1. The van der Waals surface area contributed by atoms with Crippen LogP contribution in [0.15, 0.2) is 29.8 Å². The van der Waals surface area contributed by atoms with Crippen molar-refractivity contribution >= 4 is 17.5 Å². The lowest BCUT2D eigenvalue weighted by molar-refractivity contribution is -0.153. The van der Waals surface area contributed by atoms with Gasteiger partial charge in [0.05, 0.1) is 5.69 Å². The van der Waals surface area contributed by atoms with Gasteiger partial charge in [-0.1, -0.05) is 11.6 Å².